The van der Waals surface area contributed by atoms with E-state index in [1.54, 1.807) is 18.3 Å². The summed E-state index contributed by atoms with van der Waals surface area (Å²) in [5, 5.41) is 8.67. The summed E-state index contributed by atoms with van der Waals surface area (Å²) in [5.41, 5.74) is 0. The molecule has 2 aromatic rings. The molecule has 3 rings (SSSR count). The minimum Gasteiger partial charge on any atom is -0.345 e. The quantitative estimate of drug-likeness (QED) is 0.767. The van der Waals surface area contributed by atoms with Crippen LogP contribution in [-0.2, 0) is 16.0 Å². The van der Waals surface area contributed by atoms with Crippen LogP contribution in [-0.4, -0.2) is 70.5 Å². The van der Waals surface area contributed by atoms with Crippen molar-refractivity contribution in [2.45, 2.75) is 32.7 Å². The van der Waals surface area contributed by atoms with Crippen LogP contribution in [0.25, 0.3) is 10.7 Å². The summed E-state index contributed by atoms with van der Waals surface area (Å²) in [6.45, 7) is 7.13. The first-order valence-electron chi connectivity index (χ1n) is 9.17. The van der Waals surface area contributed by atoms with Gasteiger partial charge in [0.05, 0.1) is 4.88 Å². The Bertz CT molecular complexity index is 753. The van der Waals surface area contributed by atoms with Gasteiger partial charge in [0.15, 0.2) is 0 Å². The number of piperazine rings is 1. The van der Waals surface area contributed by atoms with E-state index in [9.17, 15) is 9.59 Å². The Kier molecular flexibility index (Phi) is 6.57. The van der Waals surface area contributed by atoms with Crippen molar-refractivity contribution < 1.29 is 14.1 Å². The third-order valence-corrected chi connectivity index (χ3v) is 5.41. The highest BCUT2D eigenvalue weighted by Crippen LogP contribution is 2.21. The van der Waals surface area contributed by atoms with Crippen molar-refractivity contribution in [1.82, 2.24) is 25.3 Å². The standard InChI is InChI=1S/C18H25N5O3S/c1-13(19-14(2)24)18(25)23-10-8-22(9-11-23)7-3-6-16-20-17(21-26-16)15-5-4-12-27-15/h4-5,12-13H,3,6-11H2,1-2H3,(H,19,24). The second kappa shape index (κ2) is 9.09. The Morgan fingerprint density at radius 2 is 2.11 bits per heavy atom. The number of carbonyl (C=O) groups is 2. The van der Waals surface area contributed by atoms with Crippen molar-refractivity contribution in [3.63, 3.8) is 0 Å². The van der Waals surface area contributed by atoms with Crippen LogP contribution in [0.3, 0.4) is 0 Å². The summed E-state index contributed by atoms with van der Waals surface area (Å²) in [6.07, 6.45) is 1.68. The highest BCUT2D eigenvalue weighted by molar-refractivity contribution is 7.13. The third kappa shape index (κ3) is 5.36. The molecule has 2 aromatic heterocycles. The van der Waals surface area contributed by atoms with E-state index in [-0.39, 0.29) is 11.8 Å². The number of aromatic nitrogens is 2. The van der Waals surface area contributed by atoms with E-state index in [4.69, 9.17) is 4.52 Å². The van der Waals surface area contributed by atoms with Crippen molar-refractivity contribution in [3.05, 3.63) is 23.4 Å². The van der Waals surface area contributed by atoms with E-state index in [1.807, 2.05) is 22.4 Å². The monoisotopic (exact) mass is 391 g/mol. The molecule has 1 aliphatic rings. The summed E-state index contributed by atoms with van der Waals surface area (Å²) in [4.78, 5) is 33.0. The summed E-state index contributed by atoms with van der Waals surface area (Å²) >= 11 is 1.59. The van der Waals surface area contributed by atoms with Crippen LogP contribution in [0.1, 0.15) is 26.2 Å². The predicted octanol–water partition coefficient (Wildman–Crippen LogP) is 1.40. The Morgan fingerprint density at radius 1 is 1.33 bits per heavy atom. The molecule has 1 unspecified atom stereocenters. The Labute approximate surface area is 162 Å². The number of hydrogen-bond acceptors (Lipinski definition) is 7. The van der Waals surface area contributed by atoms with Crippen molar-refractivity contribution in [3.8, 4) is 10.7 Å². The molecule has 0 aliphatic carbocycles. The molecule has 1 aliphatic heterocycles. The molecule has 1 saturated heterocycles. The molecule has 146 valence electrons. The molecule has 1 fully saturated rings. The van der Waals surface area contributed by atoms with Crippen LogP contribution >= 0.6 is 11.3 Å². The maximum atomic E-state index is 12.3. The van der Waals surface area contributed by atoms with Crippen LogP contribution in [0, 0.1) is 0 Å². The van der Waals surface area contributed by atoms with Gasteiger partial charge in [-0.2, -0.15) is 4.98 Å². The van der Waals surface area contributed by atoms with E-state index < -0.39 is 6.04 Å². The number of carbonyl (C=O) groups excluding carboxylic acids is 2. The zero-order valence-corrected chi connectivity index (χ0v) is 16.5. The number of aryl methyl sites for hydroxylation is 1. The van der Waals surface area contributed by atoms with E-state index in [1.165, 1.54) is 6.92 Å². The molecule has 1 atom stereocenters. The van der Waals surface area contributed by atoms with Gasteiger partial charge in [0.25, 0.3) is 0 Å². The lowest BCUT2D eigenvalue weighted by molar-refractivity contribution is -0.137. The number of hydrogen-bond donors (Lipinski definition) is 1. The predicted molar refractivity (Wildman–Crippen MR) is 102 cm³/mol. The lowest BCUT2D eigenvalue weighted by atomic mass is 10.2. The van der Waals surface area contributed by atoms with Gasteiger partial charge in [0.1, 0.15) is 6.04 Å². The van der Waals surface area contributed by atoms with Gasteiger partial charge in [-0.05, 0) is 31.3 Å². The molecule has 0 spiro atoms. The summed E-state index contributed by atoms with van der Waals surface area (Å²) in [6, 6.07) is 3.48. The fourth-order valence-corrected chi connectivity index (χ4v) is 3.80. The molecule has 8 nitrogen and oxygen atoms in total. The number of nitrogens with one attached hydrogen (secondary N) is 1. The molecule has 2 amide bonds. The van der Waals surface area contributed by atoms with Crippen LogP contribution < -0.4 is 5.32 Å². The summed E-state index contributed by atoms with van der Waals surface area (Å²) in [5.74, 6) is 1.12. The van der Waals surface area contributed by atoms with Crippen molar-refractivity contribution in [2.75, 3.05) is 32.7 Å². The Balaban J connectivity index is 1.37. The zero-order chi connectivity index (χ0) is 19.2. The first kappa shape index (κ1) is 19.5. The smallest absolute Gasteiger partial charge is 0.244 e. The molecule has 1 N–H and O–H groups in total. The average molecular weight is 391 g/mol. The summed E-state index contributed by atoms with van der Waals surface area (Å²) in [7, 11) is 0. The van der Waals surface area contributed by atoms with Gasteiger partial charge in [-0.25, -0.2) is 0 Å². The molecule has 0 radical (unpaired) electrons. The summed E-state index contributed by atoms with van der Waals surface area (Å²) < 4.78 is 5.32. The van der Waals surface area contributed by atoms with Gasteiger partial charge in [0.2, 0.25) is 23.5 Å². The molecule has 3 heterocycles. The second-order valence-corrected chi connectivity index (χ2v) is 7.63. The fraction of sp³-hybridized carbons (Fsp3) is 0.556. The highest BCUT2D eigenvalue weighted by Gasteiger charge is 2.25. The van der Waals surface area contributed by atoms with Gasteiger partial charge in [-0.1, -0.05) is 11.2 Å². The van der Waals surface area contributed by atoms with Gasteiger partial charge in [0, 0.05) is 39.5 Å². The van der Waals surface area contributed by atoms with E-state index >= 15 is 0 Å². The maximum Gasteiger partial charge on any atom is 0.244 e. The molecular weight excluding hydrogens is 366 g/mol. The van der Waals surface area contributed by atoms with Crippen molar-refractivity contribution >= 4 is 23.2 Å². The fourth-order valence-electron chi connectivity index (χ4n) is 3.15. The van der Waals surface area contributed by atoms with Gasteiger partial charge in [-0.3, -0.25) is 14.5 Å². The second-order valence-electron chi connectivity index (χ2n) is 6.68. The SMILES string of the molecule is CC(=O)NC(C)C(=O)N1CCN(CCCc2nc(-c3cccs3)no2)CC1. The average Bonchev–Trinajstić information content (AvgIpc) is 3.32. The minimum atomic E-state index is -0.468. The largest absolute Gasteiger partial charge is 0.345 e. The Hall–Kier alpha value is -2.26. The lowest BCUT2D eigenvalue weighted by Crippen LogP contribution is -2.54. The first-order valence-corrected chi connectivity index (χ1v) is 10.1. The first-order chi connectivity index (χ1) is 13.0. The molecule has 0 saturated carbocycles. The normalized spacial score (nSPS) is 16.3. The number of amides is 2. The van der Waals surface area contributed by atoms with Crippen molar-refractivity contribution in [2.24, 2.45) is 0 Å². The van der Waals surface area contributed by atoms with Crippen molar-refractivity contribution in [1.29, 1.82) is 0 Å². The number of nitrogens with zero attached hydrogens (tertiary/aromatic N) is 4. The van der Waals surface area contributed by atoms with E-state index in [0.29, 0.717) is 24.8 Å². The van der Waals surface area contributed by atoms with Crippen LogP contribution in [0.2, 0.25) is 0 Å². The molecule has 9 heteroatoms. The van der Waals surface area contributed by atoms with Gasteiger partial charge < -0.3 is 14.7 Å². The van der Waals surface area contributed by atoms with Crippen LogP contribution in [0.5, 0.6) is 0 Å². The molecule has 0 aromatic carbocycles. The zero-order valence-electron chi connectivity index (χ0n) is 15.7. The number of rotatable bonds is 7. The molecule has 0 bridgehead atoms. The topological polar surface area (TPSA) is 91.6 Å². The minimum absolute atomic E-state index is 0.0168. The highest BCUT2D eigenvalue weighted by atomic mass is 32.1. The number of thiophene rings is 1. The Morgan fingerprint density at radius 3 is 2.78 bits per heavy atom. The maximum absolute atomic E-state index is 12.3. The van der Waals surface area contributed by atoms with E-state index in [2.05, 4.69) is 20.4 Å². The van der Waals surface area contributed by atoms with E-state index in [0.717, 1.165) is 37.4 Å². The third-order valence-electron chi connectivity index (χ3n) is 4.55. The van der Waals surface area contributed by atoms with Crippen LogP contribution in [0.15, 0.2) is 22.0 Å². The lowest BCUT2D eigenvalue weighted by Gasteiger charge is -2.35. The molecular formula is C18H25N5O3S. The van der Waals surface area contributed by atoms with Gasteiger partial charge in [-0.15, -0.1) is 11.3 Å². The van der Waals surface area contributed by atoms with Gasteiger partial charge >= 0.3 is 0 Å². The molecule has 27 heavy (non-hydrogen) atoms. The van der Waals surface area contributed by atoms with Crippen LogP contribution in [0.4, 0.5) is 0 Å².